The Labute approximate surface area is 275 Å². The van der Waals surface area contributed by atoms with E-state index in [0.29, 0.717) is 35.7 Å². The molecule has 0 aromatic heterocycles. The Kier molecular flexibility index (Phi) is 12.7. The maximum absolute atomic E-state index is 12.4. The van der Waals surface area contributed by atoms with Gasteiger partial charge in [0.1, 0.15) is 17.6 Å². The van der Waals surface area contributed by atoms with Gasteiger partial charge < -0.3 is 19.7 Å². The van der Waals surface area contributed by atoms with E-state index >= 15 is 0 Å². The highest BCUT2D eigenvalue weighted by molar-refractivity contribution is 7.99. The van der Waals surface area contributed by atoms with Crippen LogP contribution < -0.4 is 4.74 Å². The Hall–Kier alpha value is -3.11. The lowest BCUT2D eigenvalue weighted by atomic mass is 9.76. The number of carbonyl (C=O) groups is 2. The summed E-state index contributed by atoms with van der Waals surface area (Å²) in [7, 11) is 0. The van der Waals surface area contributed by atoms with Gasteiger partial charge in [-0.15, -0.1) is 0 Å². The van der Waals surface area contributed by atoms with Crippen LogP contribution in [-0.4, -0.2) is 28.6 Å². The summed E-state index contributed by atoms with van der Waals surface area (Å²) in [6.45, 7) is 26.5. The van der Waals surface area contributed by atoms with Gasteiger partial charge in [0.25, 0.3) is 0 Å². The van der Waals surface area contributed by atoms with Crippen LogP contribution in [0.3, 0.4) is 0 Å². The predicted molar refractivity (Wildman–Crippen MR) is 184 cm³/mol. The highest BCUT2D eigenvalue weighted by Crippen LogP contribution is 2.53. The molecule has 0 atom stereocenters. The smallest absolute Gasteiger partial charge is 0.306 e. The number of benzene rings is 2. The molecule has 0 unspecified atom stereocenters. The summed E-state index contributed by atoms with van der Waals surface area (Å²) in [5.41, 5.74) is 2.52. The van der Waals surface area contributed by atoms with Crippen molar-refractivity contribution in [2.24, 2.45) is 5.92 Å². The number of Topliss-reactive ketones (excluding diaryl/α,β-unsaturated/α-hetero) is 1. The summed E-state index contributed by atoms with van der Waals surface area (Å²) in [4.78, 5) is 25.9. The number of ether oxygens (including phenoxy) is 2. The zero-order valence-electron chi connectivity index (χ0n) is 29.7. The molecule has 0 fully saturated rings. The van der Waals surface area contributed by atoms with Crippen molar-refractivity contribution >= 4 is 23.5 Å². The summed E-state index contributed by atoms with van der Waals surface area (Å²) in [6.07, 6.45) is 4.09. The van der Waals surface area contributed by atoms with E-state index in [2.05, 4.69) is 73.5 Å². The van der Waals surface area contributed by atoms with E-state index in [1.54, 1.807) is 13.8 Å². The third-order valence-electron chi connectivity index (χ3n) is 7.31. The van der Waals surface area contributed by atoms with Crippen LogP contribution in [0.15, 0.2) is 21.9 Å². The second kappa shape index (κ2) is 15.0. The van der Waals surface area contributed by atoms with Gasteiger partial charge in [0.15, 0.2) is 5.75 Å². The predicted octanol–water partition coefficient (Wildman–Crippen LogP) is 9.15. The SMILES string of the molecule is CCOC(=O)CCc1cc(Sc2c(OC#CC(=O)CC)cc(CC(C)C)c(O)c2C(C)(C)C)c(C(C)(C)C)c(O)c1C(C)(C)C. The molecule has 0 bridgehead atoms. The van der Waals surface area contributed by atoms with Crippen molar-refractivity contribution in [2.75, 3.05) is 6.61 Å². The Morgan fingerprint density at radius 3 is 1.91 bits per heavy atom. The number of hydrogen-bond donors (Lipinski definition) is 2. The van der Waals surface area contributed by atoms with Crippen LogP contribution in [-0.2, 0) is 43.4 Å². The number of aromatic hydroxyl groups is 2. The number of esters is 1. The lowest BCUT2D eigenvalue weighted by molar-refractivity contribution is -0.143. The van der Waals surface area contributed by atoms with Crippen molar-refractivity contribution in [3.05, 3.63) is 39.9 Å². The summed E-state index contributed by atoms with van der Waals surface area (Å²) in [5, 5.41) is 23.8. The van der Waals surface area contributed by atoms with Gasteiger partial charge in [-0.1, -0.05) is 94.8 Å². The highest BCUT2D eigenvalue weighted by atomic mass is 32.2. The molecule has 45 heavy (non-hydrogen) atoms. The van der Waals surface area contributed by atoms with Gasteiger partial charge in [-0.05, 0) is 65.2 Å². The third-order valence-corrected chi connectivity index (χ3v) is 8.46. The maximum Gasteiger partial charge on any atom is 0.306 e. The zero-order chi connectivity index (χ0) is 34.5. The fourth-order valence-corrected chi connectivity index (χ4v) is 7.13. The number of phenolic OH excluding ortho intramolecular Hbond substituents is 2. The number of aryl methyl sites for hydroxylation is 1. The number of phenols is 2. The van der Waals surface area contributed by atoms with Gasteiger partial charge in [0, 0.05) is 40.3 Å². The van der Waals surface area contributed by atoms with E-state index in [4.69, 9.17) is 9.47 Å². The largest absolute Gasteiger partial charge is 0.507 e. The lowest BCUT2D eigenvalue weighted by Gasteiger charge is -2.32. The van der Waals surface area contributed by atoms with Gasteiger partial charge in [0.05, 0.1) is 11.5 Å². The summed E-state index contributed by atoms with van der Waals surface area (Å²) in [6, 6.07) is 3.88. The number of carbonyl (C=O) groups excluding carboxylic acids is 2. The molecular formula is C38H54O6S. The Morgan fingerprint density at radius 1 is 0.844 bits per heavy atom. The average molecular weight is 639 g/mol. The molecule has 2 N–H and O–H groups in total. The first-order chi connectivity index (χ1) is 20.6. The number of hydrogen-bond acceptors (Lipinski definition) is 7. The molecule has 248 valence electrons. The summed E-state index contributed by atoms with van der Waals surface area (Å²) in [5.74, 6) is 3.17. The summed E-state index contributed by atoms with van der Waals surface area (Å²) >= 11 is 1.41. The fourth-order valence-electron chi connectivity index (χ4n) is 5.49. The molecule has 0 amide bonds. The van der Waals surface area contributed by atoms with E-state index in [1.807, 2.05) is 26.8 Å². The lowest BCUT2D eigenvalue weighted by Crippen LogP contribution is -2.21. The fraction of sp³-hybridized carbons (Fsp3) is 0.579. The molecule has 0 aliphatic carbocycles. The van der Waals surface area contributed by atoms with Gasteiger partial charge in [-0.3, -0.25) is 9.59 Å². The van der Waals surface area contributed by atoms with Gasteiger partial charge in [0.2, 0.25) is 5.78 Å². The molecular weight excluding hydrogens is 584 g/mol. The molecule has 0 radical (unpaired) electrons. The second-order valence-electron chi connectivity index (χ2n) is 15.1. The van der Waals surface area contributed by atoms with Crippen LogP contribution in [0.1, 0.15) is 131 Å². The molecule has 0 heterocycles. The molecule has 0 saturated carbocycles. The molecule has 0 aliphatic rings. The van der Waals surface area contributed by atoms with Crippen LogP contribution in [0.25, 0.3) is 0 Å². The summed E-state index contributed by atoms with van der Waals surface area (Å²) < 4.78 is 11.2. The minimum atomic E-state index is -0.494. The zero-order valence-corrected chi connectivity index (χ0v) is 30.5. The molecule has 2 aromatic rings. The first-order valence-electron chi connectivity index (χ1n) is 16.0. The van der Waals surface area contributed by atoms with Crippen molar-refractivity contribution in [1.29, 1.82) is 0 Å². The molecule has 0 saturated heterocycles. The molecule has 7 heteroatoms. The molecule has 2 rings (SSSR count). The van der Waals surface area contributed by atoms with Crippen molar-refractivity contribution in [3.8, 4) is 29.3 Å². The Bertz CT molecular complexity index is 1450. The molecule has 0 spiro atoms. The van der Waals surface area contributed by atoms with Gasteiger partial charge in [-0.25, -0.2) is 0 Å². The second-order valence-corrected chi connectivity index (χ2v) is 16.1. The van der Waals surface area contributed by atoms with Gasteiger partial charge in [-0.2, -0.15) is 0 Å². The van der Waals surface area contributed by atoms with Crippen molar-refractivity contribution < 1.29 is 29.3 Å². The van der Waals surface area contributed by atoms with E-state index in [-0.39, 0.29) is 42.0 Å². The number of rotatable bonds is 10. The van der Waals surface area contributed by atoms with E-state index in [0.717, 1.165) is 27.1 Å². The minimum Gasteiger partial charge on any atom is -0.507 e. The van der Waals surface area contributed by atoms with E-state index in [9.17, 15) is 19.8 Å². The Morgan fingerprint density at radius 2 is 1.42 bits per heavy atom. The van der Waals surface area contributed by atoms with Crippen molar-refractivity contribution in [2.45, 2.75) is 142 Å². The quantitative estimate of drug-likeness (QED) is 0.198. The minimum absolute atomic E-state index is 0.183. The average Bonchev–Trinajstić information content (AvgIpc) is 2.87. The third kappa shape index (κ3) is 9.94. The van der Waals surface area contributed by atoms with Crippen LogP contribution >= 0.6 is 11.8 Å². The first kappa shape index (κ1) is 38.1. The molecule has 2 aromatic carbocycles. The Balaban J connectivity index is 3.02. The standard InChI is InChI=1S/C38H54O6S/c1-14-26(39)18-19-44-27-21-25(20-23(3)4)33(41)32(38(11,12)13)35(27)45-28-22-24(16-17-29(40)43-15-2)30(36(5,6)7)34(42)31(28)37(8,9)10/h21-23,41-42H,14-17,20H2,1-13H3. The molecule has 0 aliphatic heterocycles. The molecule has 6 nitrogen and oxygen atoms in total. The van der Waals surface area contributed by atoms with Crippen molar-refractivity contribution in [1.82, 2.24) is 0 Å². The normalized spacial score (nSPS) is 12.1. The first-order valence-corrected chi connectivity index (χ1v) is 16.8. The van der Waals surface area contributed by atoms with Crippen LogP contribution in [0.2, 0.25) is 0 Å². The monoisotopic (exact) mass is 638 g/mol. The van der Waals surface area contributed by atoms with E-state index in [1.165, 1.54) is 11.8 Å². The maximum atomic E-state index is 12.4. The highest BCUT2D eigenvalue weighted by Gasteiger charge is 2.34. The topological polar surface area (TPSA) is 93.1 Å². The van der Waals surface area contributed by atoms with Crippen LogP contribution in [0, 0.1) is 17.9 Å². The van der Waals surface area contributed by atoms with E-state index < -0.39 is 16.2 Å². The van der Waals surface area contributed by atoms with Crippen molar-refractivity contribution in [3.63, 3.8) is 0 Å². The van der Waals surface area contributed by atoms with Crippen LogP contribution in [0.5, 0.6) is 17.2 Å². The van der Waals surface area contributed by atoms with Gasteiger partial charge >= 0.3 is 5.97 Å². The van der Waals surface area contributed by atoms with Crippen LogP contribution in [0.4, 0.5) is 0 Å². The number of ketones is 1.